The summed E-state index contributed by atoms with van der Waals surface area (Å²) < 4.78 is 38.3. The summed E-state index contributed by atoms with van der Waals surface area (Å²) in [6, 6.07) is 8.78. The molecule has 0 unspecified atom stereocenters. The summed E-state index contributed by atoms with van der Waals surface area (Å²) in [6.07, 6.45) is -3.02. The Hall–Kier alpha value is -2.07. The Kier molecular flexibility index (Phi) is 3.95. The molecule has 0 aliphatic carbocycles. The summed E-state index contributed by atoms with van der Waals surface area (Å²) in [7, 11) is 0. The van der Waals surface area contributed by atoms with Gasteiger partial charge in [0.1, 0.15) is 6.07 Å². The summed E-state index contributed by atoms with van der Waals surface area (Å²) in [5, 5.41) is 11.6. The number of benzene rings is 1. The highest BCUT2D eigenvalue weighted by molar-refractivity contribution is 9.10. The number of nitriles is 1. The maximum atomic E-state index is 12.8. The summed E-state index contributed by atoms with van der Waals surface area (Å²) in [5.41, 5.74) is -0.0932. The molecule has 0 aliphatic rings. The number of hydrogen-bond acceptors (Lipinski definition) is 3. The van der Waals surface area contributed by atoms with Crippen molar-refractivity contribution in [1.82, 2.24) is 4.98 Å². The third kappa shape index (κ3) is 3.08. The first kappa shape index (κ1) is 14.3. The van der Waals surface area contributed by atoms with Crippen molar-refractivity contribution in [2.24, 2.45) is 0 Å². The monoisotopic (exact) mass is 341 g/mol. The minimum Gasteiger partial charge on any atom is -0.353 e. The number of alkyl halides is 3. The molecule has 0 bridgehead atoms. The maximum Gasteiger partial charge on any atom is 0.417 e. The second kappa shape index (κ2) is 5.51. The van der Waals surface area contributed by atoms with Gasteiger partial charge in [-0.2, -0.15) is 18.4 Å². The van der Waals surface area contributed by atoms with Crippen molar-refractivity contribution >= 4 is 27.3 Å². The second-order valence-electron chi connectivity index (χ2n) is 3.83. The largest absolute Gasteiger partial charge is 0.417 e. The van der Waals surface area contributed by atoms with Gasteiger partial charge in [0.2, 0.25) is 0 Å². The van der Waals surface area contributed by atoms with Crippen LogP contribution in [0, 0.1) is 11.3 Å². The molecule has 102 valence electrons. The first-order chi connectivity index (χ1) is 9.41. The van der Waals surface area contributed by atoms with Crippen molar-refractivity contribution in [3.8, 4) is 6.07 Å². The molecule has 0 saturated carbocycles. The highest BCUT2D eigenvalue weighted by Gasteiger charge is 2.33. The van der Waals surface area contributed by atoms with E-state index in [1.807, 2.05) is 6.07 Å². The van der Waals surface area contributed by atoms with Crippen LogP contribution in [0.4, 0.5) is 24.5 Å². The van der Waals surface area contributed by atoms with Crippen molar-refractivity contribution in [1.29, 1.82) is 5.26 Å². The molecule has 0 aliphatic heterocycles. The van der Waals surface area contributed by atoms with Crippen LogP contribution in [0.25, 0.3) is 0 Å². The molecule has 0 spiro atoms. The van der Waals surface area contributed by atoms with E-state index in [1.165, 1.54) is 18.3 Å². The van der Waals surface area contributed by atoms with E-state index in [0.29, 0.717) is 5.69 Å². The minimum atomic E-state index is -4.45. The Balaban J connectivity index is 2.38. The van der Waals surface area contributed by atoms with Gasteiger partial charge in [-0.25, -0.2) is 4.98 Å². The van der Waals surface area contributed by atoms with E-state index in [9.17, 15) is 13.2 Å². The number of nitrogens with zero attached hydrogens (tertiary/aromatic N) is 2. The predicted molar refractivity (Wildman–Crippen MR) is 71.4 cm³/mol. The summed E-state index contributed by atoms with van der Waals surface area (Å²) in [6.45, 7) is 0. The zero-order valence-corrected chi connectivity index (χ0v) is 11.5. The van der Waals surface area contributed by atoms with E-state index in [-0.39, 0.29) is 15.9 Å². The molecule has 2 rings (SSSR count). The highest BCUT2D eigenvalue weighted by Crippen LogP contribution is 2.36. The number of halogens is 4. The van der Waals surface area contributed by atoms with Crippen LogP contribution < -0.4 is 5.32 Å². The smallest absolute Gasteiger partial charge is 0.353 e. The SMILES string of the molecule is N#Cc1ncccc1Nc1ccc(Br)c(C(F)(F)F)c1. The predicted octanol–water partition coefficient (Wildman–Crippen LogP) is 4.48. The fourth-order valence-corrected chi connectivity index (χ4v) is 2.04. The molecule has 1 aromatic carbocycles. The molecule has 20 heavy (non-hydrogen) atoms. The Labute approximate surface area is 121 Å². The fourth-order valence-electron chi connectivity index (χ4n) is 1.57. The van der Waals surface area contributed by atoms with Gasteiger partial charge in [-0.05, 0) is 30.3 Å². The number of pyridine rings is 1. The molecule has 0 amide bonds. The van der Waals surface area contributed by atoms with Gasteiger partial charge in [-0.15, -0.1) is 0 Å². The molecule has 1 aromatic heterocycles. The molecule has 0 atom stereocenters. The van der Waals surface area contributed by atoms with Gasteiger partial charge in [-0.3, -0.25) is 0 Å². The molecule has 1 N–H and O–H groups in total. The van der Waals surface area contributed by atoms with E-state index in [2.05, 4.69) is 26.2 Å². The molecule has 3 nitrogen and oxygen atoms in total. The summed E-state index contributed by atoms with van der Waals surface area (Å²) in [5.74, 6) is 0. The lowest BCUT2D eigenvalue weighted by Gasteiger charge is -2.12. The van der Waals surface area contributed by atoms with Gasteiger partial charge >= 0.3 is 6.18 Å². The molecule has 0 fully saturated rings. The molecule has 2 aromatic rings. The third-order valence-electron chi connectivity index (χ3n) is 2.46. The van der Waals surface area contributed by atoms with Crippen LogP contribution in [0.1, 0.15) is 11.3 Å². The number of anilines is 2. The van der Waals surface area contributed by atoms with E-state index < -0.39 is 11.7 Å². The van der Waals surface area contributed by atoms with Crippen molar-refractivity contribution in [3.05, 3.63) is 52.3 Å². The molecule has 0 saturated heterocycles. The highest BCUT2D eigenvalue weighted by atomic mass is 79.9. The summed E-state index contributed by atoms with van der Waals surface area (Å²) >= 11 is 2.87. The van der Waals surface area contributed by atoms with E-state index in [4.69, 9.17) is 5.26 Å². The number of nitrogens with one attached hydrogen (secondary N) is 1. The van der Waals surface area contributed by atoms with Crippen LogP contribution in [0.5, 0.6) is 0 Å². The Morgan fingerprint density at radius 1 is 1.25 bits per heavy atom. The molecule has 7 heteroatoms. The van der Waals surface area contributed by atoms with Crippen molar-refractivity contribution in [3.63, 3.8) is 0 Å². The normalized spacial score (nSPS) is 10.9. The topological polar surface area (TPSA) is 48.7 Å². The van der Waals surface area contributed by atoms with Gasteiger partial charge < -0.3 is 5.32 Å². The van der Waals surface area contributed by atoms with Crippen LogP contribution in [0.2, 0.25) is 0 Å². The van der Waals surface area contributed by atoms with Crippen LogP contribution in [0.3, 0.4) is 0 Å². The Bertz CT molecular complexity index is 677. The average molecular weight is 342 g/mol. The lowest BCUT2D eigenvalue weighted by molar-refractivity contribution is -0.138. The van der Waals surface area contributed by atoms with Crippen molar-refractivity contribution in [2.75, 3.05) is 5.32 Å². The first-order valence-corrected chi connectivity index (χ1v) is 6.20. The van der Waals surface area contributed by atoms with Gasteiger partial charge in [0.05, 0.1) is 11.3 Å². The zero-order valence-electron chi connectivity index (χ0n) is 9.87. The number of hydrogen-bond donors (Lipinski definition) is 1. The fraction of sp³-hybridized carbons (Fsp3) is 0.0769. The molecular formula is C13H7BrF3N3. The van der Waals surface area contributed by atoms with E-state index in [0.717, 1.165) is 6.07 Å². The second-order valence-corrected chi connectivity index (χ2v) is 4.68. The third-order valence-corrected chi connectivity index (χ3v) is 3.16. The van der Waals surface area contributed by atoms with Gasteiger partial charge in [0.15, 0.2) is 5.69 Å². The average Bonchev–Trinajstić information content (AvgIpc) is 2.40. The number of rotatable bonds is 2. The molecule has 1 heterocycles. The van der Waals surface area contributed by atoms with Gasteiger partial charge in [0, 0.05) is 16.4 Å². The minimum absolute atomic E-state index is 0.0396. The van der Waals surface area contributed by atoms with Gasteiger partial charge in [-0.1, -0.05) is 15.9 Å². The quantitative estimate of drug-likeness (QED) is 0.876. The molecular weight excluding hydrogens is 335 g/mol. The maximum absolute atomic E-state index is 12.8. The Morgan fingerprint density at radius 3 is 2.65 bits per heavy atom. The lowest BCUT2D eigenvalue weighted by atomic mass is 10.2. The van der Waals surface area contributed by atoms with E-state index >= 15 is 0 Å². The van der Waals surface area contributed by atoms with Gasteiger partial charge in [0.25, 0.3) is 0 Å². The number of aromatic nitrogens is 1. The van der Waals surface area contributed by atoms with Crippen molar-refractivity contribution in [2.45, 2.75) is 6.18 Å². The first-order valence-electron chi connectivity index (χ1n) is 5.40. The van der Waals surface area contributed by atoms with E-state index in [1.54, 1.807) is 12.1 Å². The van der Waals surface area contributed by atoms with Crippen molar-refractivity contribution < 1.29 is 13.2 Å². The van der Waals surface area contributed by atoms with Crippen LogP contribution in [0.15, 0.2) is 41.0 Å². The zero-order chi connectivity index (χ0) is 14.8. The van der Waals surface area contributed by atoms with Crippen LogP contribution in [-0.4, -0.2) is 4.98 Å². The standard InChI is InChI=1S/C13H7BrF3N3/c14-10-4-3-8(6-9(10)13(15,16)17)20-11-2-1-5-19-12(11)7-18/h1-6,20H. The lowest BCUT2D eigenvalue weighted by Crippen LogP contribution is -2.07. The molecule has 0 radical (unpaired) electrons. The van der Waals surface area contributed by atoms with Crippen LogP contribution >= 0.6 is 15.9 Å². The summed E-state index contributed by atoms with van der Waals surface area (Å²) in [4.78, 5) is 3.83. The van der Waals surface area contributed by atoms with Crippen LogP contribution in [-0.2, 0) is 6.18 Å². The Morgan fingerprint density at radius 2 is 2.00 bits per heavy atom.